The van der Waals surface area contributed by atoms with Crippen LogP contribution in [-0.4, -0.2) is 0 Å². The highest BCUT2D eigenvalue weighted by Crippen LogP contribution is 2.17. The summed E-state index contributed by atoms with van der Waals surface area (Å²) >= 11 is 3.36. The van der Waals surface area contributed by atoms with Gasteiger partial charge in [0.05, 0.1) is 13.2 Å². The second-order valence-corrected chi connectivity index (χ2v) is 4.84. The summed E-state index contributed by atoms with van der Waals surface area (Å²) in [6, 6.07) is 12.4. The lowest BCUT2D eigenvalue weighted by atomic mass is 10.2. The smallest absolute Gasteiger partial charge is 0.130 e. The number of hydrogen-bond acceptors (Lipinski definition) is 2. The predicted molar refractivity (Wildman–Crippen MR) is 73.4 cm³/mol. The molecule has 4 heteroatoms. The molecule has 0 aliphatic rings. The van der Waals surface area contributed by atoms with Crippen molar-refractivity contribution in [3.63, 3.8) is 0 Å². The molecular weight excluding hydrogens is 297 g/mol. The number of rotatable bonds is 4. The summed E-state index contributed by atoms with van der Waals surface area (Å²) in [7, 11) is 0. The van der Waals surface area contributed by atoms with Gasteiger partial charge in [0, 0.05) is 15.7 Å². The van der Waals surface area contributed by atoms with Crippen LogP contribution in [0.1, 0.15) is 11.1 Å². The normalized spacial score (nSPS) is 10.6. The van der Waals surface area contributed by atoms with Crippen LogP contribution in [0.15, 0.2) is 46.9 Å². The first-order chi connectivity index (χ1) is 8.66. The second kappa shape index (κ2) is 5.98. The molecule has 94 valence electrons. The first-order valence-corrected chi connectivity index (χ1v) is 6.31. The van der Waals surface area contributed by atoms with Gasteiger partial charge in [0.15, 0.2) is 0 Å². The maximum absolute atomic E-state index is 13.5. The molecule has 2 nitrogen and oxygen atoms in total. The molecule has 0 atom stereocenters. The Bertz CT molecular complexity index is 508. The van der Waals surface area contributed by atoms with E-state index in [0.717, 1.165) is 10.0 Å². The summed E-state index contributed by atoms with van der Waals surface area (Å²) in [6.07, 6.45) is 0. The molecule has 2 N–H and O–H groups in total. The summed E-state index contributed by atoms with van der Waals surface area (Å²) in [5.74, 6) is -0.328. The van der Waals surface area contributed by atoms with Crippen LogP contribution in [0.3, 0.4) is 0 Å². The van der Waals surface area contributed by atoms with E-state index in [2.05, 4.69) is 15.9 Å². The molecule has 0 fully saturated rings. The van der Waals surface area contributed by atoms with Crippen LogP contribution < -0.4 is 5.73 Å². The number of ether oxygens (including phenoxy) is 1. The average Bonchev–Trinajstić information content (AvgIpc) is 2.35. The van der Waals surface area contributed by atoms with Gasteiger partial charge in [-0.25, -0.2) is 4.39 Å². The van der Waals surface area contributed by atoms with Crippen molar-refractivity contribution in [3.05, 3.63) is 63.9 Å². The van der Waals surface area contributed by atoms with Crippen LogP contribution >= 0.6 is 15.9 Å². The van der Waals surface area contributed by atoms with Crippen LogP contribution in [-0.2, 0) is 18.0 Å². The van der Waals surface area contributed by atoms with E-state index in [-0.39, 0.29) is 12.4 Å². The Hall–Kier alpha value is -1.39. The molecule has 2 aromatic rings. The fourth-order valence-corrected chi connectivity index (χ4v) is 1.84. The maximum atomic E-state index is 13.5. The van der Waals surface area contributed by atoms with Gasteiger partial charge >= 0.3 is 0 Å². The van der Waals surface area contributed by atoms with Crippen LogP contribution in [0.2, 0.25) is 0 Å². The molecule has 2 rings (SSSR count). The first kappa shape index (κ1) is 13.1. The predicted octanol–water partition coefficient (Wildman–Crippen LogP) is 3.89. The van der Waals surface area contributed by atoms with E-state index in [1.54, 1.807) is 12.1 Å². The highest BCUT2D eigenvalue weighted by atomic mass is 79.9. The SMILES string of the molecule is Nc1cccc(F)c1COCc1ccc(Br)cc1. The van der Waals surface area contributed by atoms with Crippen molar-refractivity contribution in [1.82, 2.24) is 0 Å². The Labute approximate surface area is 114 Å². The number of benzene rings is 2. The number of anilines is 1. The number of nitrogens with two attached hydrogens (primary N) is 1. The molecule has 2 aromatic carbocycles. The zero-order valence-corrected chi connectivity index (χ0v) is 11.3. The Morgan fingerprint density at radius 3 is 2.44 bits per heavy atom. The number of hydrogen-bond donors (Lipinski definition) is 1. The third-order valence-electron chi connectivity index (χ3n) is 2.58. The van der Waals surface area contributed by atoms with Crippen LogP contribution in [0.4, 0.5) is 10.1 Å². The second-order valence-electron chi connectivity index (χ2n) is 3.93. The zero-order valence-electron chi connectivity index (χ0n) is 9.70. The van der Waals surface area contributed by atoms with Crippen molar-refractivity contribution in [3.8, 4) is 0 Å². The highest BCUT2D eigenvalue weighted by Gasteiger charge is 2.05. The van der Waals surface area contributed by atoms with Gasteiger partial charge in [-0.2, -0.15) is 0 Å². The first-order valence-electron chi connectivity index (χ1n) is 5.52. The average molecular weight is 310 g/mol. The standard InChI is InChI=1S/C14H13BrFNO/c15-11-6-4-10(5-7-11)8-18-9-12-13(16)2-1-3-14(12)17/h1-7H,8-9,17H2. The Balaban J connectivity index is 1.94. The molecule has 0 aliphatic carbocycles. The van der Waals surface area contributed by atoms with Crippen LogP contribution in [0, 0.1) is 5.82 Å². The van der Waals surface area contributed by atoms with Gasteiger partial charge in [0.2, 0.25) is 0 Å². The van der Waals surface area contributed by atoms with Gasteiger partial charge in [-0.15, -0.1) is 0 Å². The molecule has 0 unspecified atom stereocenters. The maximum Gasteiger partial charge on any atom is 0.130 e. The highest BCUT2D eigenvalue weighted by molar-refractivity contribution is 9.10. The summed E-state index contributed by atoms with van der Waals surface area (Å²) in [5, 5.41) is 0. The summed E-state index contributed by atoms with van der Waals surface area (Å²) < 4.78 is 20.0. The lowest BCUT2D eigenvalue weighted by Crippen LogP contribution is -2.01. The molecule has 0 saturated heterocycles. The molecule has 0 bridgehead atoms. The van der Waals surface area contributed by atoms with Crippen molar-refractivity contribution in [2.75, 3.05) is 5.73 Å². The van der Waals surface area contributed by atoms with Gasteiger partial charge in [0.25, 0.3) is 0 Å². The molecule has 0 aromatic heterocycles. The lowest BCUT2D eigenvalue weighted by molar-refractivity contribution is 0.105. The Kier molecular flexibility index (Phi) is 4.33. The van der Waals surface area contributed by atoms with E-state index >= 15 is 0 Å². The zero-order chi connectivity index (χ0) is 13.0. The molecule has 0 saturated carbocycles. The Morgan fingerprint density at radius 2 is 1.78 bits per heavy atom. The van der Waals surface area contributed by atoms with Gasteiger partial charge < -0.3 is 10.5 Å². The van der Waals surface area contributed by atoms with E-state index in [9.17, 15) is 4.39 Å². The fourth-order valence-electron chi connectivity index (χ4n) is 1.58. The van der Waals surface area contributed by atoms with Gasteiger partial charge in [-0.3, -0.25) is 0 Å². The van der Waals surface area contributed by atoms with Crippen molar-refractivity contribution in [1.29, 1.82) is 0 Å². The molecule has 0 amide bonds. The van der Waals surface area contributed by atoms with Gasteiger partial charge in [-0.1, -0.05) is 34.1 Å². The minimum atomic E-state index is -0.328. The summed E-state index contributed by atoms with van der Waals surface area (Å²) in [6.45, 7) is 0.607. The van der Waals surface area contributed by atoms with Crippen molar-refractivity contribution in [2.24, 2.45) is 0 Å². The van der Waals surface area contributed by atoms with Gasteiger partial charge in [0.1, 0.15) is 5.82 Å². The lowest BCUT2D eigenvalue weighted by Gasteiger charge is -2.08. The van der Waals surface area contributed by atoms with Crippen molar-refractivity contribution in [2.45, 2.75) is 13.2 Å². The van der Waals surface area contributed by atoms with E-state index in [4.69, 9.17) is 10.5 Å². The monoisotopic (exact) mass is 309 g/mol. The van der Waals surface area contributed by atoms with Gasteiger partial charge in [-0.05, 0) is 29.8 Å². The molecule has 0 radical (unpaired) electrons. The number of nitrogen functional groups attached to an aromatic ring is 1. The summed E-state index contributed by atoms with van der Waals surface area (Å²) in [5.41, 5.74) is 7.56. The minimum absolute atomic E-state index is 0.175. The molecular formula is C14H13BrFNO. The van der Waals surface area contributed by atoms with E-state index < -0.39 is 0 Å². The molecule has 18 heavy (non-hydrogen) atoms. The summed E-state index contributed by atoms with van der Waals surface area (Å²) in [4.78, 5) is 0. The minimum Gasteiger partial charge on any atom is -0.398 e. The topological polar surface area (TPSA) is 35.2 Å². The van der Waals surface area contributed by atoms with Crippen molar-refractivity contribution >= 4 is 21.6 Å². The Morgan fingerprint density at radius 1 is 1.06 bits per heavy atom. The number of halogens is 2. The fraction of sp³-hybridized carbons (Fsp3) is 0.143. The van der Waals surface area contributed by atoms with Crippen molar-refractivity contribution < 1.29 is 9.13 Å². The largest absolute Gasteiger partial charge is 0.398 e. The third kappa shape index (κ3) is 3.31. The van der Waals surface area contributed by atoms with Crippen LogP contribution in [0.5, 0.6) is 0 Å². The molecule has 0 heterocycles. The van der Waals surface area contributed by atoms with E-state index in [1.165, 1.54) is 6.07 Å². The van der Waals surface area contributed by atoms with Crippen LogP contribution in [0.25, 0.3) is 0 Å². The molecule has 0 spiro atoms. The molecule has 0 aliphatic heterocycles. The van der Waals surface area contributed by atoms with E-state index in [0.29, 0.717) is 17.9 Å². The quantitative estimate of drug-likeness (QED) is 0.870. The third-order valence-corrected chi connectivity index (χ3v) is 3.11. The van der Waals surface area contributed by atoms with E-state index in [1.807, 2.05) is 24.3 Å².